The van der Waals surface area contributed by atoms with Crippen LogP contribution in [0.15, 0.2) is 40.8 Å². The van der Waals surface area contributed by atoms with Crippen molar-refractivity contribution in [1.29, 1.82) is 0 Å². The summed E-state index contributed by atoms with van der Waals surface area (Å²) in [5, 5.41) is 17.1. The molecular weight excluding hydrogens is 510 g/mol. The maximum atomic E-state index is 12.6. The molecule has 0 aliphatic rings. The lowest BCUT2D eigenvalue weighted by atomic mass is 10.2. The number of anilines is 1. The van der Waals surface area contributed by atoms with Crippen LogP contribution in [-0.4, -0.2) is 73.0 Å². The molecule has 13 heteroatoms. The van der Waals surface area contributed by atoms with Crippen molar-refractivity contribution in [1.82, 2.24) is 10.2 Å². The lowest BCUT2D eigenvalue weighted by molar-refractivity contribution is -0.159. The molecule has 1 aromatic heterocycles. The fraction of sp³-hybridized carbons (Fsp3) is 0.435. The fourth-order valence-electron chi connectivity index (χ4n) is 2.64. The number of carboxylic acid groups (broad SMARTS) is 2. The number of carbonyl (C=O) groups is 3. The summed E-state index contributed by atoms with van der Waals surface area (Å²) in [5.41, 5.74) is 0.612. The first-order valence-electron chi connectivity index (χ1n) is 11.0. The molecule has 0 saturated heterocycles. The second-order valence-electron chi connectivity index (χ2n) is 7.94. The first-order chi connectivity index (χ1) is 16.9. The molecule has 0 saturated carbocycles. The number of benzene rings is 1. The van der Waals surface area contributed by atoms with Gasteiger partial charge < -0.3 is 24.8 Å². The number of nitrogens with zero attached hydrogens (tertiary/aromatic N) is 1. The predicted molar refractivity (Wildman–Crippen MR) is 139 cm³/mol. The van der Waals surface area contributed by atoms with Crippen LogP contribution in [0.1, 0.15) is 42.1 Å². The minimum Gasteiger partial charge on any atom is -0.473 e. The standard InChI is InChI=1S/C21H31N3O4S2.C2H2O4/c1-5-16(2)30(26,27)23-20-9-7-6-8-19(20)21(25)22-12-13-29-15-18-11-10-17(28-18)14-24(3)4;3-1(4)2(5)6/h6-11,16,23H,5,12-15H2,1-4H3,(H,22,25);(H,3,4)(H,5,6). The van der Waals surface area contributed by atoms with E-state index in [2.05, 4.69) is 10.0 Å². The first-order valence-corrected chi connectivity index (χ1v) is 13.7. The van der Waals surface area contributed by atoms with Crippen LogP contribution in [0.2, 0.25) is 0 Å². The van der Waals surface area contributed by atoms with Crippen LogP contribution in [0.5, 0.6) is 0 Å². The van der Waals surface area contributed by atoms with E-state index < -0.39 is 27.2 Å². The van der Waals surface area contributed by atoms with Crippen LogP contribution in [0, 0.1) is 0 Å². The summed E-state index contributed by atoms with van der Waals surface area (Å²) in [4.78, 5) is 32.8. The molecule has 4 N–H and O–H groups in total. The second kappa shape index (κ2) is 15.2. The Morgan fingerprint density at radius 2 is 1.67 bits per heavy atom. The number of nitrogens with one attached hydrogen (secondary N) is 2. The summed E-state index contributed by atoms with van der Waals surface area (Å²) >= 11 is 1.66. The Hall–Kier alpha value is -3.03. The van der Waals surface area contributed by atoms with Gasteiger partial charge in [0.2, 0.25) is 10.0 Å². The minimum atomic E-state index is -3.53. The monoisotopic (exact) mass is 543 g/mol. The molecule has 36 heavy (non-hydrogen) atoms. The van der Waals surface area contributed by atoms with Crippen LogP contribution in [-0.2, 0) is 31.9 Å². The zero-order chi connectivity index (χ0) is 27.3. The number of furan rings is 1. The Labute approximate surface area is 215 Å². The Bertz CT molecular complexity index is 1100. The molecule has 1 amide bonds. The molecule has 1 aromatic carbocycles. The normalized spacial score (nSPS) is 11.8. The van der Waals surface area contributed by atoms with E-state index in [0.29, 0.717) is 24.2 Å². The van der Waals surface area contributed by atoms with E-state index in [-0.39, 0.29) is 5.91 Å². The molecule has 1 heterocycles. The highest BCUT2D eigenvalue weighted by Crippen LogP contribution is 2.19. The summed E-state index contributed by atoms with van der Waals surface area (Å²) in [6, 6.07) is 10.6. The second-order valence-corrected chi connectivity index (χ2v) is 11.1. The summed E-state index contributed by atoms with van der Waals surface area (Å²) in [6.07, 6.45) is 0.493. The number of para-hydroxylation sites is 1. The average molecular weight is 544 g/mol. The number of carbonyl (C=O) groups excluding carboxylic acids is 1. The number of hydrogen-bond acceptors (Lipinski definition) is 8. The summed E-state index contributed by atoms with van der Waals surface area (Å²) in [7, 11) is 0.454. The van der Waals surface area contributed by atoms with E-state index in [1.807, 2.05) is 38.1 Å². The van der Waals surface area contributed by atoms with Crippen LogP contribution < -0.4 is 10.0 Å². The summed E-state index contributed by atoms with van der Waals surface area (Å²) in [5.74, 6) is -0.659. The lowest BCUT2D eigenvalue weighted by Crippen LogP contribution is -2.29. The topological polar surface area (TPSA) is 166 Å². The van der Waals surface area contributed by atoms with Gasteiger partial charge in [0.05, 0.1) is 28.8 Å². The van der Waals surface area contributed by atoms with Gasteiger partial charge in [0.15, 0.2) is 0 Å². The van der Waals surface area contributed by atoms with Gasteiger partial charge in [-0.05, 0) is 51.7 Å². The van der Waals surface area contributed by atoms with Crippen LogP contribution >= 0.6 is 11.8 Å². The zero-order valence-electron chi connectivity index (χ0n) is 20.7. The highest BCUT2D eigenvalue weighted by molar-refractivity contribution is 7.98. The first kappa shape index (κ1) is 31.0. The highest BCUT2D eigenvalue weighted by atomic mass is 32.2. The lowest BCUT2D eigenvalue weighted by Gasteiger charge is -2.15. The number of hydrogen-bond donors (Lipinski definition) is 4. The molecule has 2 rings (SSSR count). The minimum absolute atomic E-state index is 0.298. The van der Waals surface area contributed by atoms with E-state index in [9.17, 15) is 13.2 Å². The van der Waals surface area contributed by atoms with E-state index in [4.69, 9.17) is 24.2 Å². The van der Waals surface area contributed by atoms with Gasteiger partial charge in [-0.2, -0.15) is 11.8 Å². The van der Waals surface area contributed by atoms with Gasteiger partial charge in [0, 0.05) is 12.3 Å². The van der Waals surface area contributed by atoms with Gasteiger partial charge in [-0.1, -0.05) is 19.1 Å². The average Bonchev–Trinajstić information content (AvgIpc) is 3.24. The van der Waals surface area contributed by atoms with Crippen molar-refractivity contribution in [2.45, 2.75) is 37.8 Å². The van der Waals surface area contributed by atoms with Gasteiger partial charge in [-0.3, -0.25) is 9.52 Å². The third-order valence-electron chi connectivity index (χ3n) is 4.68. The van der Waals surface area contributed by atoms with Crippen molar-refractivity contribution in [3.8, 4) is 0 Å². The van der Waals surface area contributed by atoms with Crippen molar-refractivity contribution < 1.29 is 37.4 Å². The van der Waals surface area contributed by atoms with E-state index in [1.54, 1.807) is 43.0 Å². The molecule has 2 aromatic rings. The molecule has 11 nitrogen and oxygen atoms in total. The maximum Gasteiger partial charge on any atom is 0.414 e. The molecule has 0 aliphatic heterocycles. The van der Waals surface area contributed by atoms with Crippen molar-refractivity contribution in [3.63, 3.8) is 0 Å². The molecule has 0 fully saturated rings. The number of carboxylic acids is 2. The largest absolute Gasteiger partial charge is 0.473 e. The molecule has 200 valence electrons. The number of amides is 1. The number of aliphatic carboxylic acids is 2. The van der Waals surface area contributed by atoms with E-state index >= 15 is 0 Å². The van der Waals surface area contributed by atoms with E-state index in [1.165, 1.54) is 0 Å². The molecule has 0 radical (unpaired) electrons. The smallest absolute Gasteiger partial charge is 0.414 e. The quantitative estimate of drug-likeness (QED) is 0.231. The van der Waals surface area contributed by atoms with Crippen molar-refractivity contribution in [2.24, 2.45) is 0 Å². The summed E-state index contributed by atoms with van der Waals surface area (Å²) in [6.45, 7) is 4.69. The Morgan fingerprint density at radius 1 is 1.06 bits per heavy atom. The zero-order valence-corrected chi connectivity index (χ0v) is 22.3. The van der Waals surface area contributed by atoms with Crippen LogP contribution in [0.4, 0.5) is 5.69 Å². The predicted octanol–water partition coefficient (Wildman–Crippen LogP) is 2.70. The van der Waals surface area contributed by atoms with Gasteiger partial charge in [0.1, 0.15) is 11.5 Å². The van der Waals surface area contributed by atoms with Crippen molar-refractivity contribution in [3.05, 3.63) is 53.5 Å². The third-order valence-corrected chi connectivity index (χ3v) is 7.56. The van der Waals surface area contributed by atoms with Crippen LogP contribution in [0.25, 0.3) is 0 Å². The van der Waals surface area contributed by atoms with Crippen molar-refractivity contribution in [2.75, 3.05) is 31.1 Å². The molecular formula is C23H33N3O8S2. The Balaban J connectivity index is 0.000000960. The fourth-order valence-corrected chi connectivity index (χ4v) is 4.52. The van der Waals surface area contributed by atoms with Crippen LogP contribution in [0.3, 0.4) is 0 Å². The SMILES string of the molecule is CCC(C)S(=O)(=O)Nc1ccccc1C(=O)NCCSCc1ccc(CN(C)C)o1.O=C(O)C(=O)O. The number of sulfonamides is 1. The van der Waals surface area contributed by atoms with E-state index in [0.717, 1.165) is 29.6 Å². The molecule has 0 spiro atoms. The van der Waals surface area contributed by atoms with Gasteiger partial charge in [0.25, 0.3) is 5.91 Å². The van der Waals surface area contributed by atoms with Gasteiger partial charge in [-0.15, -0.1) is 0 Å². The van der Waals surface area contributed by atoms with Gasteiger partial charge in [-0.25, -0.2) is 18.0 Å². The Morgan fingerprint density at radius 3 is 2.25 bits per heavy atom. The Kier molecular flexibility index (Phi) is 13.1. The molecule has 0 aliphatic carbocycles. The molecule has 1 atom stereocenters. The molecule has 1 unspecified atom stereocenters. The van der Waals surface area contributed by atoms with Gasteiger partial charge >= 0.3 is 11.9 Å². The third kappa shape index (κ3) is 11.1. The van der Waals surface area contributed by atoms with Crippen molar-refractivity contribution >= 4 is 45.3 Å². The number of rotatable bonds is 12. The number of thioether (sulfide) groups is 1. The maximum absolute atomic E-state index is 12.6. The highest BCUT2D eigenvalue weighted by Gasteiger charge is 2.21. The summed E-state index contributed by atoms with van der Waals surface area (Å²) < 4.78 is 33.0. The molecule has 0 bridgehead atoms.